The van der Waals surface area contributed by atoms with Gasteiger partial charge in [-0.2, -0.15) is 0 Å². The summed E-state index contributed by atoms with van der Waals surface area (Å²) in [7, 11) is 5.94. The van der Waals surface area contributed by atoms with Crippen molar-refractivity contribution in [2.24, 2.45) is 4.99 Å². The minimum Gasteiger partial charge on any atom is -0.378 e. The first-order chi connectivity index (χ1) is 12.1. The molecule has 26 heavy (non-hydrogen) atoms. The van der Waals surface area contributed by atoms with E-state index in [4.69, 9.17) is 0 Å². The topological polar surface area (TPSA) is 15.6 Å². The third kappa shape index (κ3) is 4.20. The molecule has 2 aromatic carbocycles. The highest BCUT2D eigenvalue weighted by Gasteiger charge is 2.11. The van der Waals surface area contributed by atoms with E-state index < -0.39 is 0 Å². The summed E-state index contributed by atoms with van der Waals surface area (Å²) < 4.78 is 0. The molecule has 1 aliphatic carbocycles. The van der Waals surface area contributed by atoms with E-state index in [9.17, 15) is 0 Å². The second-order valence-electron chi connectivity index (χ2n) is 6.45. The van der Waals surface area contributed by atoms with Crippen LogP contribution in [0.2, 0.25) is 0 Å². The first kappa shape index (κ1) is 19.5. The quantitative estimate of drug-likeness (QED) is 0.698. The molecular formula is C24H28N2. The van der Waals surface area contributed by atoms with Crippen molar-refractivity contribution in [2.45, 2.75) is 14.4 Å². The number of hydrogen-bond donors (Lipinski definition) is 0. The van der Waals surface area contributed by atoms with Crippen LogP contribution in [-0.4, -0.2) is 26.9 Å². The van der Waals surface area contributed by atoms with Crippen molar-refractivity contribution < 1.29 is 0 Å². The van der Waals surface area contributed by atoms with Crippen molar-refractivity contribution in [3.8, 4) is 0 Å². The van der Waals surface area contributed by atoms with Gasteiger partial charge in [-0.05, 0) is 53.5 Å². The van der Waals surface area contributed by atoms with Crippen LogP contribution in [0.4, 0.5) is 5.69 Å². The van der Waals surface area contributed by atoms with Crippen molar-refractivity contribution in [1.29, 1.82) is 0 Å². The van der Waals surface area contributed by atoms with E-state index in [1.54, 1.807) is 0 Å². The Morgan fingerprint density at radius 2 is 1.27 bits per heavy atom. The molecular weight excluding hydrogens is 316 g/mol. The van der Waals surface area contributed by atoms with Gasteiger partial charge in [-0.15, -0.1) is 0 Å². The fourth-order valence-corrected chi connectivity index (χ4v) is 2.92. The normalized spacial score (nSPS) is 12.6. The maximum Gasteiger partial charge on any atom is 0.0571 e. The third-order valence-corrected chi connectivity index (χ3v) is 4.43. The molecule has 1 aliphatic rings. The molecule has 2 heteroatoms. The summed E-state index contributed by atoms with van der Waals surface area (Å²) in [6, 6.07) is 17.5. The molecule has 0 fully saturated rings. The molecule has 0 radical (unpaired) electrons. The van der Waals surface area contributed by atoms with Crippen LogP contribution in [0.5, 0.6) is 0 Å². The predicted molar refractivity (Wildman–Crippen MR) is 116 cm³/mol. The Labute approximate surface area is 157 Å². The van der Waals surface area contributed by atoms with E-state index >= 15 is 0 Å². The number of benzene rings is 2. The monoisotopic (exact) mass is 344 g/mol. The lowest BCUT2D eigenvalue weighted by Crippen LogP contribution is -2.08. The van der Waals surface area contributed by atoms with Crippen LogP contribution in [0.1, 0.15) is 24.1 Å². The van der Waals surface area contributed by atoms with Crippen molar-refractivity contribution >= 4 is 17.0 Å². The molecule has 134 valence electrons. The first-order valence-corrected chi connectivity index (χ1v) is 8.50. The predicted octanol–water partition coefficient (Wildman–Crippen LogP) is 5.70. The molecule has 0 N–H and O–H groups in total. The number of hydrogen-bond acceptors (Lipinski definition) is 2. The average molecular weight is 345 g/mol. The van der Waals surface area contributed by atoms with Gasteiger partial charge in [0.15, 0.2) is 0 Å². The molecule has 0 aliphatic heterocycles. The second kappa shape index (κ2) is 8.48. The Morgan fingerprint density at radius 1 is 0.769 bits per heavy atom. The Morgan fingerprint density at radius 3 is 1.73 bits per heavy atom. The van der Waals surface area contributed by atoms with Gasteiger partial charge in [0.2, 0.25) is 0 Å². The molecule has 0 amide bonds. The second-order valence-corrected chi connectivity index (χ2v) is 6.45. The Kier molecular flexibility index (Phi) is 6.35. The minimum atomic E-state index is 0. The standard InChI is InChI=1S/C23H24N2.CH4/c1-17-5-7-18(8-6-17)23(19-9-13-21(24-2)14-10-19)20-11-15-22(16-12-20)25(3)4;/h5-16H,1-4H3;1H4. The van der Waals surface area contributed by atoms with Crippen LogP contribution in [0, 0.1) is 6.92 Å². The van der Waals surface area contributed by atoms with Crippen molar-refractivity contribution in [3.63, 3.8) is 0 Å². The van der Waals surface area contributed by atoms with Gasteiger partial charge in [-0.1, -0.05) is 61.5 Å². The molecule has 0 atom stereocenters. The van der Waals surface area contributed by atoms with Crippen molar-refractivity contribution in [3.05, 3.63) is 95.1 Å². The number of aliphatic imine (C=N–C) groups is 1. The zero-order valence-corrected chi connectivity index (χ0v) is 15.3. The molecule has 2 aromatic rings. The van der Waals surface area contributed by atoms with Gasteiger partial charge in [0.1, 0.15) is 0 Å². The van der Waals surface area contributed by atoms with E-state index in [1.807, 2.05) is 7.05 Å². The Hall–Kier alpha value is -2.87. The van der Waals surface area contributed by atoms with Crippen LogP contribution in [0.3, 0.4) is 0 Å². The van der Waals surface area contributed by atoms with Gasteiger partial charge in [0.25, 0.3) is 0 Å². The zero-order valence-electron chi connectivity index (χ0n) is 15.3. The fourth-order valence-electron chi connectivity index (χ4n) is 2.92. The van der Waals surface area contributed by atoms with Crippen LogP contribution in [-0.2, 0) is 0 Å². The lowest BCUT2D eigenvalue weighted by Gasteiger charge is -2.17. The van der Waals surface area contributed by atoms with E-state index in [2.05, 4.69) is 104 Å². The number of rotatable bonds is 3. The van der Waals surface area contributed by atoms with E-state index in [1.165, 1.54) is 33.5 Å². The van der Waals surface area contributed by atoms with E-state index in [0.717, 1.165) is 5.71 Å². The smallest absolute Gasteiger partial charge is 0.0571 e. The SMILES string of the molecule is C.CN=C1C=CC(=C(c2ccc(C)cc2)c2ccc(N(C)C)cc2)C=C1. The largest absolute Gasteiger partial charge is 0.378 e. The van der Waals surface area contributed by atoms with Gasteiger partial charge >= 0.3 is 0 Å². The lowest BCUT2D eigenvalue weighted by molar-refractivity contribution is 1.13. The van der Waals surface area contributed by atoms with Gasteiger partial charge < -0.3 is 4.90 Å². The fraction of sp³-hybridized carbons (Fsp3) is 0.208. The highest BCUT2D eigenvalue weighted by molar-refractivity contribution is 6.07. The summed E-state index contributed by atoms with van der Waals surface area (Å²) in [5.74, 6) is 0. The lowest BCUT2D eigenvalue weighted by atomic mass is 9.90. The van der Waals surface area contributed by atoms with Crippen molar-refractivity contribution in [1.82, 2.24) is 0 Å². The number of allylic oxidation sites excluding steroid dienone is 5. The first-order valence-electron chi connectivity index (χ1n) is 8.50. The maximum absolute atomic E-state index is 4.24. The number of anilines is 1. The highest BCUT2D eigenvalue weighted by atomic mass is 15.1. The van der Waals surface area contributed by atoms with Gasteiger partial charge in [-0.25, -0.2) is 0 Å². The summed E-state index contributed by atoms with van der Waals surface area (Å²) in [6.45, 7) is 2.12. The molecule has 0 bridgehead atoms. The Balaban J connectivity index is 0.00000243. The van der Waals surface area contributed by atoms with Gasteiger partial charge in [0.05, 0.1) is 5.71 Å². The van der Waals surface area contributed by atoms with Gasteiger partial charge in [0, 0.05) is 26.8 Å². The molecule has 0 saturated carbocycles. The average Bonchev–Trinajstić information content (AvgIpc) is 2.64. The van der Waals surface area contributed by atoms with Crippen molar-refractivity contribution in [2.75, 3.05) is 26.0 Å². The molecule has 0 saturated heterocycles. The summed E-state index contributed by atoms with van der Waals surface area (Å²) in [4.78, 5) is 6.36. The molecule has 0 unspecified atom stereocenters. The maximum atomic E-state index is 4.24. The molecule has 3 rings (SSSR count). The van der Waals surface area contributed by atoms with E-state index in [0.29, 0.717) is 0 Å². The van der Waals surface area contributed by atoms with Crippen LogP contribution in [0.15, 0.2) is 83.4 Å². The van der Waals surface area contributed by atoms with Gasteiger partial charge in [-0.3, -0.25) is 4.99 Å². The summed E-state index contributed by atoms with van der Waals surface area (Å²) in [5.41, 5.74) is 8.36. The third-order valence-electron chi connectivity index (χ3n) is 4.43. The van der Waals surface area contributed by atoms with E-state index in [-0.39, 0.29) is 7.43 Å². The van der Waals surface area contributed by atoms with Crippen LogP contribution < -0.4 is 4.90 Å². The zero-order chi connectivity index (χ0) is 17.8. The summed E-state index contributed by atoms with van der Waals surface area (Å²) in [5, 5.41) is 0. The highest BCUT2D eigenvalue weighted by Crippen LogP contribution is 2.31. The van der Waals surface area contributed by atoms with Crippen LogP contribution >= 0.6 is 0 Å². The summed E-state index contributed by atoms with van der Waals surface area (Å²) >= 11 is 0. The number of aryl methyl sites for hydroxylation is 1. The molecule has 0 heterocycles. The Bertz CT molecular complexity index is 843. The molecule has 0 aromatic heterocycles. The summed E-state index contributed by atoms with van der Waals surface area (Å²) in [6.07, 6.45) is 8.43. The van der Waals surface area contributed by atoms with Crippen LogP contribution in [0.25, 0.3) is 5.57 Å². The minimum absolute atomic E-state index is 0. The number of nitrogens with zero attached hydrogens (tertiary/aromatic N) is 2. The molecule has 0 spiro atoms. The molecule has 2 nitrogen and oxygen atoms in total.